The molecule has 1 aromatic carbocycles. The Morgan fingerprint density at radius 1 is 1.35 bits per heavy atom. The molecule has 1 heterocycles. The smallest absolute Gasteiger partial charge is 0.267 e. The van der Waals surface area contributed by atoms with E-state index in [1.54, 1.807) is 18.0 Å². The highest BCUT2D eigenvalue weighted by Crippen LogP contribution is 2.20. The van der Waals surface area contributed by atoms with E-state index in [1.807, 2.05) is 30.3 Å². The van der Waals surface area contributed by atoms with Crippen LogP contribution in [0.15, 0.2) is 36.4 Å². The summed E-state index contributed by atoms with van der Waals surface area (Å²) in [7, 11) is 1.76. The zero-order chi connectivity index (χ0) is 14.5. The minimum Gasteiger partial charge on any atom is -0.364 e. The molecule has 1 amide bonds. The van der Waals surface area contributed by atoms with Crippen molar-refractivity contribution in [3.63, 3.8) is 0 Å². The third-order valence-electron chi connectivity index (χ3n) is 2.71. The summed E-state index contributed by atoms with van der Waals surface area (Å²) in [6.07, 6.45) is 5.27. The molecule has 0 radical (unpaired) electrons. The largest absolute Gasteiger partial charge is 0.364 e. The topological polar surface area (TPSA) is 72.1 Å². The second kappa shape index (κ2) is 5.85. The van der Waals surface area contributed by atoms with Crippen LogP contribution in [0.2, 0.25) is 0 Å². The van der Waals surface area contributed by atoms with E-state index in [4.69, 9.17) is 12.2 Å². The maximum atomic E-state index is 11.4. The molecule has 2 N–H and O–H groups in total. The highest BCUT2D eigenvalue weighted by molar-refractivity contribution is 5.92. The summed E-state index contributed by atoms with van der Waals surface area (Å²) >= 11 is 0. The number of primary amides is 1. The van der Waals surface area contributed by atoms with Gasteiger partial charge in [-0.15, -0.1) is 6.42 Å². The molecule has 0 saturated carbocycles. The van der Waals surface area contributed by atoms with Gasteiger partial charge >= 0.3 is 0 Å². The summed E-state index contributed by atoms with van der Waals surface area (Å²) in [6, 6.07) is 11.1. The number of benzene rings is 1. The lowest BCUT2D eigenvalue weighted by Gasteiger charge is -2.15. The van der Waals surface area contributed by atoms with E-state index in [0.717, 1.165) is 5.56 Å². The van der Waals surface area contributed by atoms with Gasteiger partial charge in [-0.05, 0) is 6.07 Å². The van der Waals surface area contributed by atoms with Gasteiger partial charge in [0.2, 0.25) is 5.95 Å². The molecule has 0 spiro atoms. The Morgan fingerprint density at radius 3 is 2.65 bits per heavy atom. The van der Waals surface area contributed by atoms with Crippen LogP contribution in [-0.4, -0.2) is 29.5 Å². The van der Waals surface area contributed by atoms with Crippen molar-refractivity contribution in [3.8, 4) is 23.6 Å². The predicted molar refractivity (Wildman–Crippen MR) is 78.1 cm³/mol. The van der Waals surface area contributed by atoms with E-state index >= 15 is 0 Å². The van der Waals surface area contributed by atoms with Crippen molar-refractivity contribution in [1.82, 2.24) is 9.97 Å². The van der Waals surface area contributed by atoms with Gasteiger partial charge in [-0.3, -0.25) is 4.79 Å². The fourth-order valence-electron chi connectivity index (χ4n) is 1.70. The lowest BCUT2D eigenvalue weighted by molar-refractivity contribution is 0.0995. The van der Waals surface area contributed by atoms with Crippen LogP contribution in [0.3, 0.4) is 0 Å². The molecule has 0 unspecified atom stereocenters. The molecule has 5 heteroatoms. The molecular formula is C15H14N4O. The highest BCUT2D eigenvalue weighted by Gasteiger charge is 2.12. The SMILES string of the molecule is C#CCN(C)c1nc(C(N)=O)cc(-c2ccccc2)n1. The normalized spacial score (nSPS) is 9.80. The van der Waals surface area contributed by atoms with Gasteiger partial charge in [0.25, 0.3) is 5.91 Å². The molecule has 0 aliphatic heterocycles. The Labute approximate surface area is 117 Å². The Bertz CT molecular complexity index is 661. The Balaban J connectivity index is 2.53. The van der Waals surface area contributed by atoms with Crippen molar-refractivity contribution in [3.05, 3.63) is 42.1 Å². The van der Waals surface area contributed by atoms with E-state index in [9.17, 15) is 4.79 Å². The van der Waals surface area contributed by atoms with E-state index in [0.29, 0.717) is 18.2 Å². The summed E-state index contributed by atoms with van der Waals surface area (Å²) in [5.74, 6) is 2.28. The number of carbonyl (C=O) groups is 1. The average Bonchev–Trinajstić information content (AvgIpc) is 2.48. The molecule has 5 nitrogen and oxygen atoms in total. The molecule has 100 valence electrons. The van der Waals surface area contributed by atoms with Crippen LogP contribution in [0.4, 0.5) is 5.95 Å². The maximum Gasteiger partial charge on any atom is 0.267 e. The summed E-state index contributed by atoms with van der Waals surface area (Å²) < 4.78 is 0. The standard InChI is InChI=1S/C15H14N4O/c1-3-9-19(2)15-17-12(10-13(18-15)14(16)20)11-7-5-4-6-8-11/h1,4-8,10H,9H2,2H3,(H2,16,20). The van der Waals surface area contributed by atoms with Gasteiger partial charge in [0, 0.05) is 12.6 Å². The van der Waals surface area contributed by atoms with Gasteiger partial charge < -0.3 is 10.6 Å². The molecule has 0 saturated heterocycles. The number of nitrogens with two attached hydrogens (primary N) is 1. The third-order valence-corrected chi connectivity index (χ3v) is 2.71. The first-order valence-corrected chi connectivity index (χ1v) is 6.00. The second-order valence-corrected chi connectivity index (χ2v) is 4.23. The van der Waals surface area contributed by atoms with E-state index in [2.05, 4.69) is 15.9 Å². The van der Waals surface area contributed by atoms with Crippen LogP contribution in [0.25, 0.3) is 11.3 Å². The second-order valence-electron chi connectivity index (χ2n) is 4.23. The van der Waals surface area contributed by atoms with Gasteiger partial charge in [0.05, 0.1) is 12.2 Å². The number of anilines is 1. The van der Waals surface area contributed by atoms with E-state index in [-0.39, 0.29) is 5.69 Å². The first-order valence-electron chi connectivity index (χ1n) is 6.00. The minimum atomic E-state index is -0.597. The van der Waals surface area contributed by atoms with Crippen molar-refractivity contribution >= 4 is 11.9 Å². The molecule has 0 atom stereocenters. The van der Waals surface area contributed by atoms with Crippen LogP contribution in [-0.2, 0) is 0 Å². The zero-order valence-electron chi connectivity index (χ0n) is 11.1. The van der Waals surface area contributed by atoms with Gasteiger partial charge in [-0.2, -0.15) is 0 Å². The number of amides is 1. The molecule has 20 heavy (non-hydrogen) atoms. The molecule has 2 aromatic rings. The van der Waals surface area contributed by atoms with Crippen LogP contribution in [0.5, 0.6) is 0 Å². The highest BCUT2D eigenvalue weighted by atomic mass is 16.1. The fraction of sp³-hybridized carbons (Fsp3) is 0.133. The molecular weight excluding hydrogens is 252 g/mol. The fourth-order valence-corrected chi connectivity index (χ4v) is 1.70. The number of carbonyl (C=O) groups excluding carboxylic acids is 1. The molecule has 2 rings (SSSR count). The van der Waals surface area contributed by atoms with Gasteiger partial charge in [0.15, 0.2) is 0 Å². The Hall–Kier alpha value is -2.87. The molecule has 0 bridgehead atoms. The Kier molecular flexibility index (Phi) is 3.96. The van der Waals surface area contributed by atoms with Crippen molar-refractivity contribution < 1.29 is 4.79 Å². The zero-order valence-corrected chi connectivity index (χ0v) is 11.1. The summed E-state index contributed by atoms with van der Waals surface area (Å²) in [5, 5.41) is 0. The van der Waals surface area contributed by atoms with E-state index in [1.165, 1.54) is 0 Å². The first kappa shape index (κ1) is 13.6. The monoisotopic (exact) mass is 266 g/mol. The number of hydrogen-bond donors (Lipinski definition) is 1. The number of terminal acetylenes is 1. The van der Waals surface area contributed by atoms with Crippen LogP contribution in [0, 0.1) is 12.3 Å². The number of nitrogens with zero attached hydrogens (tertiary/aromatic N) is 3. The summed E-state index contributed by atoms with van der Waals surface area (Å²) in [6.45, 7) is 0.344. The van der Waals surface area contributed by atoms with Crippen LogP contribution >= 0.6 is 0 Å². The van der Waals surface area contributed by atoms with Gasteiger partial charge in [-0.1, -0.05) is 36.3 Å². The number of hydrogen-bond acceptors (Lipinski definition) is 4. The molecule has 0 aliphatic rings. The predicted octanol–water partition coefficient (Wildman–Crippen LogP) is 1.31. The van der Waals surface area contributed by atoms with Crippen molar-refractivity contribution in [1.29, 1.82) is 0 Å². The summed E-state index contributed by atoms with van der Waals surface area (Å²) in [5.41, 5.74) is 7.00. The third kappa shape index (κ3) is 2.93. The number of rotatable bonds is 4. The summed E-state index contributed by atoms with van der Waals surface area (Å²) in [4.78, 5) is 21.6. The molecule has 1 aromatic heterocycles. The quantitative estimate of drug-likeness (QED) is 0.847. The molecule has 0 aliphatic carbocycles. The number of aromatic nitrogens is 2. The first-order chi connectivity index (χ1) is 9.61. The minimum absolute atomic E-state index is 0.165. The maximum absolute atomic E-state index is 11.4. The van der Waals surface area contributed by atoms with Crippen molar-refractivity contribution in [2.45, 2.75) is 0 Å². The van der Waals surface area contributed by atoms with Crippen molar-refractivity contribution in [2.24, 2.45) is 5.73 Å². The lowest BCUT2D eigenvalue weighted by Crippen LogP contribution is -2.22. The molecule has 0 fully saturated rings. The van der Waals surface area contributed by atoms with Gasteiger partial charge in [0.1, 0.15) is 5.69 Å². The van der Waals surface area contributed by atoms with Crippen LogP contribution in [0.1, 0.15) is 10.5 Å². The average molecular weight is 266 g/mol. The van der Waals surface area contributed by atoms with Gasteiger partial charge in [-0.25, -0.2) is 9.97 Å². The van der Waals surface area contributed by atoms with Crippen LogP contribution < -0.4 is 10.6 Å². The Morgan fingerprint density at radius 2 is 2.05 bits per heavy atom. The van der Waals surface area contributed by atoms with Crippen molar-refractivity contribution in [2.75, 3.05) is 18.5 Å². The van der Waals surface area contributed by atoms with E-state index < -0.39 is 5.91 Å². The lowest BCUT2D eigenvalue weighted by atomic mass is 10.1.